The maximum atomic E-state index is 11.8. The molecule has 16 heavy (non-hydrogen) atoms. The van der Waals surface area contributed by atoms with Crippen molar-refractivity contribution in [3.63, 3.8) is 0 Å². The number of nitrogens with two attached hydrogens (primary N) is 1. The number of carbonyl (C=O) groups is 1. The Hall–Kier alpha value is -1.15. The van der Waals surface area contributed by atoms with Gasteiger partial charge >= 0.3 is 6.03 Å². The van der Waals surface area contributed by atoms with Crippen molar-refractivity contribution >= 4 is 23.6 Å². The summed E-state index contributed by atoms with van der Waals surface area (Å²) in [5, 5.41) is 0. The van der Waals surface area contributed by atoms with Crippen molar-refractivity contribution < 1.29 is 4.79 Å². The van der Waals surface area contributed by atoms with Crippen LogP contribution in [0.25, 0.3) is 0 Å². The molecule has 1 spiro atoms. The highest BCUT2D eigenvalue weighted by molar-refractivity contribution is 7.99. The van der Waals surface area contributed by atoms with Crippen molar-refractivity contribution in [3.05, 3.63) is 0 Å². The first-order valence-corrected chi connectivity index (χ1v) is 6.49. The largest absolute Gasteiger partial charge is 0.385 e. The molecule has 0 aliphatic carbocycles. The molecule has 1 unspecified atom stereocenters. The molecule has 5 heteroatoms. The van der Waals surface area contributed by atoms with Crippen molar-refractivity contribution in [2.24, 2.45) is 10.7 Å². The number of rotatable bonds is 1. The highest BCUT2D eigenvalue weighted by Crippen LogP contribution is 2.37. The molecule has 0 saturated carbocycles. The second kappa shape index (κ2) is 4.02. The zero-order valence-corrected chi connectivity index (χ0v) is 10.1. The Morgan fingerprint density at radius 3 is 2.81 bits per heavy atom. The minimum Gasteiger partial charge on any atom is -0.385 e. The molecule has 2 rings (SSSR count). The van der Waals surface area contributed by atoms with E-state index in [0.717, 1.165) is 24.3 Å². The topological polar surface area (TPSA) is 58.7 Å². The van der Waals surface area contributed by atoms with Crippen LogP contribution < -0.4 is 5.73 Å². The number of aliphatic imine (C=N–C) groups is 1. The van der Waals surface area contributed by atoms with Gasteiger partial charge in [-0.15, -0.1) is 6.42 Å². The van der Waals surface area contributed by atoms with E-state index in [4.69, 9.17) is 12.2 Å². The lowest BCUT2D eigenvalue weighted by Crippen LogP contribution is -2.58. The van der Waals surface area contributed by atoms with Crippen molar-refractivity contribution in [3.8, 4) is 12.3 Å². The summed E-state index contributed by atoms with van der Waals surface area (Å²) in [7, 11) is 0. The first kappa shape index (κ1) is 11.3. The van der Waals surface area contributed by atoms with Crippen molar-refractivity contribution in [1.29, 1.82) is 0 Å². The molecular weight excluding hydrogens is 222 g/mol. The average Bonchev–Trinajstić information content (AvgIpc) is 2.51. The van der Waals surface area contributed by atoms with Crippen molar-refractivity contribution in [2.75, 3.05) is 11.5 Å². The van der Waals surface area contributed by atoms with Gasteiger partial charge in [-0.1, -0.05) is 5.92 Å². The smallest absolute Gasteiger partial charge is 0.347 e. The van der Waals surface area contributed by atoms with Gasteiger partial charge in [-0.05, 0) is 31.3 Å². The number of amides is 2. The van der Waals surface area contributed by atoms with Crippen molar-refractivity contribution in [2.45, 2.75) is 31.3 Å². The van der Waals surface area contributed by atoms with Crippen molar-refractivity contribution in [1.82, 2.24) is 4.90 Å². The molecule has 4 nitrogen and oxygen atoms in total. The van der Waals surface area contributed by atoms with Crippen LogP contribution in [0, 0.1) is 12.3 Å². The van der Waals surface area contributed by atoms with Gasteiger partial charge in [0.15, 0.2) is 0 Å². The van der Waals surface area contributed by atoms with E-state index in [1.807, 2.05) is 18.7 Å². The minimum absolute atomic E-state index is 0.250. The molecule has 2 N–H and O–H groups in total. The first-order valence-electron chi connectivity index (χ1n) is 5.33. The fourth-order valence-electron chi connectivity index (χ4n) is 2.38. The van der Waals surface area contributed by atoms with E-state index >= 15 is 0 Å². The van der Waals surface area contributed by atoms with Crippen LogP contribution in [0.4, 0.5) is 4.79 Å². The second-order valence-electron chi connectivity index (χ2n) is 4.14. The van der Waals surface area contributed by atoms with Crippen LogP contribution in [-0.2, 0) is 0 Å². The molecule has 0 radical (unpaired) electrons. The number of hydrogen-bond donors (Lipinski definition) is 1. The molecule has 2 aliphatic rings. The Morgan fingerprint density at radius 2 is 2.25 bits per heavy atom. The van der Waals surface area contributed by atoms with E-state index in [9.17, 15) is 4.79 Å². The molecule has 1 fully saturated rings. The molecular formula is C11H15N3OS. The van der Waals surface area contributed by atoms with Crippen LogP contribution in [0.3, 0.4) is 0 Å². The summed E-state index contributed by atoms with van der Waals surface area (Å²) in [6.45, 7) is 1.84. The molecule has 0 aromatic heterocycles. The molecule has 0 aromatic carbocycles. The van der Waals surface area contributed by atoms with Crippen LogP contribution in [0.2, 0.25) is 0 Å². The SMILES string of the molecule is C#CC(C)N1C(=O)N=C(N)C12CCSCC2. The van der Waals surface area contributed by atoms with Crippen LogP contribution in [0.1, 0.15) is 19.8 Å². The lowest BCUT2D eigenvalue weighted by Gasteiger charge is -2.42. The lowest BCUT2D eigenvalue weighted by atomic mass is 9.89. The minimum atomic E-state index is -0.409. The normalized spacial score (nSPS) is 25.4. The van der Waals surface area contributed by atoms with Crippen LogP contribution >= 0.6 is 11.8 Å². The Kier molecular flexibility index (Phi) is 2.85. The van der Waals surface area contributed by atoms with Gasteiger partial charge in [0, 0.05) is 0 Å². The first-order chi connectivity index (χ1) is 7.62. The summed E-state index contributed by atoms with van der Waals surface area (Å²) in [5.41, 5.74) is 5.52. The maximum Gasteiger partial charge on any atom is 0.347 e. The summed E-state index contributed by atoms with van der Waals surface area (Å²) in [5.74, 6) is 5.04. The van der Waals surface area contributed by atoms with E-state index < -0.39 is 5.54 Å². The van der Waals surface area contributed by atoms with Crippen LogP contribution in [0.15, 0.2) is 4.99 Å². The standard InChI is InChI=1S/C11H15N3OS/c1-3-8(2)14-10(15)13-9(12)11(14)4-6-16-7-5-11/h1,8H,4-7H2,2H3,(H2,12,13,15). The summed E-state index contributed by atoms with van der Waals surface area (Å²) < 4.78 is 0. The summed E-state index contributed by atoms with van der Waals surface area (Å²) in [6.07, 6.45) is 7.11. The molecule has 86 valence electrons. The van der Waals surface area contributed by atoms with Crippen LogP contribution in [0.5, 0.6) is 0 Å². The maximum absolute atomic E-state index is 11.8. The van der Waals surface area contributed by atoms with E-state index in [1.54, 1.807) is 4.90 Å². The predicted molar refractivity (Wildman–Crippen MR) is 66.4 cm³/mol. The zero-order valence-electron chi connectivity index (χ0n) is 9.27. The van der Waals surface area contributed by atoms with E-state index in [2.05, 4.69) is 10.9 Å². The highest BCUT2D eigenvalue weighted by atomic mass is 32.2. The van der Waals surface area contributed by atoms with Gasteiger partial charge in [0.2, 0.25) is 0 Å². The number of carbonyl (C=O) groups excluding carboxylic acids is 1. The summed E-state index contributed by atoms with van der Waals surface area (Å²) >= 11 is 1.88. The fourth-order valence-corrected chi connectivity index (χ4v) is 3.55. The van der Waals surface area contributed by atoms with Gasteiger partial charge in [-0.3, -0.25) is 4.90 Å². The number of thioether (sulfide) groups is 1. The number of hydrogen-bond acceptors (Lipinski definition) is 3. The van der Waals surface area contributed by atoms with E-state index in [-0.39, 0.29) is 12.1 Å². The molecule has 1 atom stereocenters. The third kappa shape index (κ3) is 1.49. The Labute approximate surface area is 99.7 Å². The fraction of sp³-hybridized carbons (Fsp3) is 0.636. The molecule has 1 saturated heterocycles. The summed E-state index contributed by atoms with van der Waals surface area (Å²) in [4.78, 5) is 17.4. The van der Waals surface area contributed by atoms with Gasteiger partial charge in [0.05, 0.1) is 6.04 Å². The number of amidine groups is 1. The highest BCUT2D eigenvalue weighted by Gasteiger charge is 2.50. The number of nitrogens with zero attached hydrogens (tertiary/aromatic N) is 2. The molecule has 2 heterocycles. The van der Waals surface area contributed by atoms with Gasteiger partial charge in [0.1, 0.15) is 11.4 Å². The molecule has 2 amide bonds. The molecule has 2 aliphatic heterocycles. The third-order valence-corrected chi connectivity index (χ3v) is 4.29. The van der Waals surface area contributed by atoms with Gasteiger partial charge < -0.3 is 5.73 Å². The quantitative estimate of drug-likeness (QED) is 0.694. The van der Waals surface area contributed by atoms with E-state index in [1.165, 1.54) is 0 Å². The Bertz CT molecular complexity index is 379. The lowest BCUT2D eigenvalue weighted by molar-refractivity contribution is 0.152. The monoisotopic (exact) mass is 237 g/mol. The van der Waals surface area contributed by atoms with E-state index in [0.29, 0.717) is 5.84 Å². The third-order valence-electron chi connectivity index (χ3n) is 3.31. The average molecular weight is 237 g/mol. The van der Waals surface area contributed by atoms with Gasteiger partial charge in [-0.2, -0.15) is 16.8 Å². The number of urea groups is 1. The Balaban J connectivity index is 2.36. The van der Waals surface area contributed by atoms with Crippen LogP contribution in [-0.4, -0.2) is 39.9 Å². The van der Waals surface area contributed by atoms with Gasteiger partial charge in [0.25, 0.3) is 0 Å². The Morgan fingerprint density at radius 1 is 1.62 bits per heavy atom. The zero-order chi connectivity index (χ0) is 11.8. The summed E-state index contributed by atoms with van der Waals surface area (Å²) in [6, 6.07) is -0.532. The molecule has 0 aromatic rings. The second-order valence-corrected chi connectivity index (χ2v) is 5.36. The predicted octanol–water partition coefficient (Wildman–Crippen LogP) is 1.07. The molecule has 0 bridgehead atoms. The van der Waals surface area contributed by atoms with Gasteiger partial charge in [-0.25, -0.2) is 4.79 Å². The number of terminal acetylenes is 1.